The molecule has 6 heteroatoms. The Morgan fingerprint density at radius 2 is 2.11 bits per heavy atom. The summed E-state index contributed by atoms with van der Waals surface area (Å²) >= 11 is 0. The average molecular weight is 275 g/mol. The second kappa shape index (κ2) is 8.18. The molecule has 0 saturated carbocycles. The first-order valence-electron chi connectivity index (χ1n) is 5.65. The average Bonchev–Trinajstić information content (AvgIpc) is 2.33. The number of hydrogen-bond donors (Lipinski definition) is 1. The molecule has 0 bridgehead atoms. The molecular formula is C12H18FNO3S. The van der Waals surface area contributed by atoms with Crippen LogP contribution in [0.4, 0.5) is 10.1 Å². The zero-order chi connectivity index (χ0) is 13.4. The molecule has 0 aliphatic rings. The SMILES string of the molecule is COCCCOCCS(=O)c1ccc(N)cc1F. The van der Waals surface area contributed by atoms with Crippen molar-refractivity contribution in [3.8, 4) is 0 Å². The molecular weight excluding hydrogens is 257 g/mol. The van der Waals surface area contributed by atoms with Crippen molar-refractivity contribution in [2.75, 3.05) is 38.4 Å². The Bertz CT molecular complexity index is 401. The molecule has 0 saturated heterocycles. The van der Waals surface area contributed by atoms with Crippen molar-refractivity contribution in [3.05, 3.63) is 24.0 Å². The zero-order valence-electron chi connectivity index (χ0n) is 10.4. The summed E-state index contributed by atoms with van der Waals surface area (Å²) in [6.45, 7) is 1.52. The zero-order valence-corrected chi connectivity index (χ0v) is 11.2. The molecule has 18 heavy (non-hydrogen) atoms. The summed E-state index contributed by atoms with van der Waals surface area (Å²) in [5.41, 5.74) is 5.74. The summed E-state index contributed by atoms with van der Waals surface area (Å²) in [6.07, 6.45) is 0.791. The van der Waals surface area contributed by atoms with E-state index in [1.54, 1.807) is 7.11 Å². The highest BCUT2D eigenvalue weighted by Gasteiger charge is 2.09. The van der Waals surface area contributed by atoms with Crippen LogP contribution in [0.5, 0.6) is 0 Å². The van der Waals surface area contributed by atoms with Crippen LogP contribution in [0.25, 0.3) is 0 Å². The minimum absolute atomic E-state index is 0.171. The molecule has 1 aromatic carbocycles. The molecule has 0 aliphatic heterocycles. The lowest BCUT2D eigenvalue weighted by Crippen LogP contribution is -2.09. The molecule has 0 fully saturated rings. The first-order valence-corrected chi connectivity index (χ1v) is 6.97. The third-order valence-corrected chi connectivity index (χ3v) is 3.61. The predicted octanol–water partition coefficient (Wildman–Crippen LogP) is 1.57. The van der Waals surface area contributed by atoms with Crippen LogP contribution in [0.1, 0.15) is 6.42 Å². The Labute approximate surface area is 109 Å². The molecule has 102 valence electrons. The first-order chi connectivity index (χ1) is 8.65. The molecule has 1 rings (SSSR count). The van der Waals surface area contributed by atoms with Crippen molar-refractivity contribution in [3.63, 3.8) is 0 Å². The molecule has 0 spiro atoms. The molecule has 2 N–H and O–H groups in total. The lowest BCUT2D eigenvalue weighted by molar-refractivity contribution is 0.112. The maximum Gasteiger partial charge on any atom is 0.141 e. The number of anilines is 1. The van der Waals surface area contributed by atoms with Crippen molar-refractivity contribution >= 4 is 16.5 Å². The Balaban J connectivity index is 2.32. The van der Waals surface area contributed by atoms with Gasteiger partial charge in [0.1, 0.15) is 5.82 Å². The second-order valence-corrected chi connectivity index (χ2v) is 5.24. The Hall–Kier alpha value is -0.980. The highest BCUT2D eigenvalue weighted by Crippen LogP contribution is 2.15. The highest BCUT2D eigenvalue weighted by molar-refractivity contribution is 7.85. The molecule has 0 aliphatic carbocycles. The van der Waals surface area contributed by atoms with Crippen molar-refractivity contribution in [1.29, 1.82) is 0 Å². The van der Waals surface area contributed by atoms with Gasteiger partial charge in [-0.15, -0.1) is 0 Å². The van der Waals surface area contributed by atoms with Crippen molar-refractivity contribution in [2.24, 2.45) is 0 Å². The predicted molar refractivity (Wildman–Crippen MR) is 69.4 cm³/mol. The smallest absolute Gasteiger partial charge is 0.141 e. The Morgan fingerprint density at radius 3 is 2.78 bits per heavy atom. The van der Waals surface area contributed by atoms with Gasteiger partial charge in [-0.3, -0.25) is 4.21 Å². The van der Waals surface area contributed by atoms with Gasteiger partial charge in [-0.1, -0.05) is 0 Å². The van der Waals surface area contributed by atoms with E-state index < -0.39 is 16.6 Å². The second-order valence-electron chi connectivity index (χ2n) is 3.70. The van der Waals surface area contributed by atoms with E-state index in [1.807, 2.05) is 0 Å². The van der Waals surface area contributed by atoms with Crippen LogP contribution in [-0.4, -0.2) is 36.9 Å². The largest absolute Gasteiger partial charge is 0.399 e. The summed E-state index contributed by atoms with van der Waals surface area (Å²) in [6, 6.07) is 4.16. The molecule has 4 nitrogen and oxygen atoms in total. The van der Waals surface area contributed by atoms with Gasteiger partial charge in [0, 0.05) is 26.0 Å². The lowest BCUT2D eigenvalue weighted by atomic mass is 10.3. The standard InChI is InChI=1S/C12H18FNO3S/c1-16-5-2-6-17-7-8-18(15)12-4-3-10(14)9-11(12)13/h3-4,9H,2,5-8,14H2,1H3. The summed E-state index contributed by atoms with van der Waals surface area (Å²) in [7, 11) is 0.227. The van der Waals surface area contributed by atoms with E-state index in [-0.39, 0.29) is 10.6 Å². The van der Waals surface area contributed by atoms with Crippen LogP contribution >= 0.6 is 0 Å². The number of ether oxygens (including phenoxy) is 2. The number of benzene rings is 1. The van der Waals surface area contributed by atoms with E-state index in [4.69, 9.17) is 15.2 Å². The van der Waals surface area contributed by atoms with Gasteiger partial charge in [0.15, 0.2) is 0 Å². The van der Waals surface area contributed by atoms with Gasteiger partial charge in [0.05, 0.1) is 28.1 Å². The quantitative estimate of drug-likeness (QED) is 0.578. The third-order valence-electron chi connectivity index (χ3n) is 2.25. The van der Waals surface area contributed by atoms with E-state index in [0.29, 0.717) is 25.5 Å². The van der Waals surface area contributed by atoms with Crippen LogP contribution in [0.15, 0.2) is 23.1 Å². The molecule has 1 atom stereocenters. The van der Waals surface area contributed by atoms with Crippen LogP contribution in [0, 0.1) is 5.82 Å². The van der Waals surface area contributed by atoms with Crippen LogP contribution in [0.3, 0.4) is 0 Å². The molecule has 1 aromatic rings. The Morgan fingerprint density at radius 1 is 1.33 bits per heavy atom. The van der Waals surface area contributed by atoms with E-state index in [9.17, 15) is 8.60 Å². The molecule has 0 radical (unpaired) electrons. The topological polar surface area (TPSA) is 61.5 Å². The molecule has 0 amide bonds. The van der Waals surface area contributed by atoms with Gasteiger partial charge in [-0.05, 0) is 24.6 Å². The van der Waals surface area contributed by atoms with Gasteiger partial charge in [-0.2, -0.15) is 0 Å². The molecule has 1 unspecified atom stereocenters. The number of hydrogen-bond acceptors (Lipinski definition) is 4. The fourth-order valence-electron chi connectivity index (χ4n) is 1.35. The lowest BCUT2D eigenvalue weighted by Gasteiger charge is -2.06. The molecule has 0 aromatic heterocycles. The van der Waals surface area contributed by atoms with Gasteiger partial charge in [-0.25, -0.2) is 4.39 Å². The van der Waals surface area contributed by atoms with E-state index in [1.165, 1.54) is 18.2 Å². The summed E-state index contributed by atoms with van der Waals surface area (Å²) in [5, 5.41) is 0. The number of halogens is 1. The van der Waals surface area contributed by atoms with Gasteiger partial charge in [0.2, 0.25) is 0 Å². The Kier molecular flexibility index (Phi) is 6.85. The minimum Gasteiger partial charge on any atom is -0.399 e. The fourth-order valence-corrected chi connectivity index (χ4v) is 2.34. The van der Waals surface area contributed by atoms with Crippen molar-refractivity contribution in [2.45, 2.75) is 11.3 Å². The maximum atomic E-state index is 13.4. The monoisotopic (exact) mass is 275 g/mol. The number of nitrogen functional groups attached to an aromatic ring is 1. The van der Waals surface area contributed by atoms with Gasteiger partial charge in [0.25, 0.3) is 0 Å². The van der Waals surface area contributed by atoms with Crippen molar-refractivity contribution in [1.82, 2.24) is 0 Å². The summed E-state index contributed by atoms with van der Waals surface area (Å²) < 4.78 is 35.4. The van der Waals surface area contributed by atoms with Crippen LogP contribution in [-0.2, 0) is 20.3 Å². The van der Waals surface area contributed by atoms with E-state index in [2.05, 4.69) is 0 Å². The van der Waals surface area contributed by atoms with Gasteiger partial charge < -0.3 is 15.2 Å². The maximum absolute atomic E-state index is 13.4. The highest BCUT2D eigenvalue weighted by atomic mass is 32.2. The van der Waals surface area contributed by atoms with Crippen LogP contribution in [0.2, 0.25) is 0 Å². The van der Waals surface area contributed by atoms with E-state index in [0.717, 1.165) is 6.42 Å². The normalized spacial score (nSPS) is 12.6. The van der Waals surface area contributed by atoms with Crippen LogP contribution < -0.4 is 5.73 Å². The van der Waals surface area contributed by atoms with E-state index >= 15 is 0 Å². The minimum atomic E-state index is -1.40. The van der Waals surface area contributed by atoms with Crippen molar-refractivity contribution < 1.29 is 18.1 Å². The molecule has 0 heterocycles. The third kappa shape index (κ3) is 5.12. The summed E-state index contributed by atoms with van der Waals surface area (Å²) in [4.78, 5) is 0.171. The number of nitrogens with two attached hydrogens (primary N) is 1. The number of rotatable bonds is 8. The fraction of sp³-hybridized carbons (Fsp3) is 0.500. The number of methoxy groups -OCH3 is 1. The first kappa shape index (κ1) is 15.1. The summed E-state index contributed by atoms with van der Waals surface area (Å²) in [5.74, 6) is -0.263. The van der Waals surface area contributed by atoms with Gasteiger partial charge >= 0.3 is 0 Å².